The Bertz CT molecular complexity index is 990. The van der Waals surface area contributed by atoms with Crippen LogP contribution in [0.15, 0.2) is 36.4 Å². The molecule has 1 fully saturated rings. The summed E-state index contributed by atoms with van der Waals surface area (Å²) < 4.78 is 42.6. The summed E-state index contributed by atoms with van der Waals surface area (Å²) in [5, 5.41) is 0.339. The third kappa shape index (κ3) is 4.59. The number of sulfone groups is 1. The van der Waals surface area contributed by atoms with Crippen LogP contribution in [-0.4, -0.2) is 43.9 Å². The van der Waals surface area contributed by atoms with Crippen molar-refractivity contribution in [2.24, 2.45) is 0 Å². The third-order valence-corrected chi connectivity index (χ3v) is 6.91. The second-order valence-electron chi connectivity index (χ2n) is 6.59. The molecule has 9 heteroatoms. The van der Waals surface area contributed by atoms with E-state index in [1.807, 2.05) is 0 Å². The first kappa shape index (κ1) is 20.9. The standard InChI is InChI=1S/C19H18Cl2FNO4S/c1-27-18-16(20)8-13(9-17(18)21)19(24)23(15-5-6-28(25,26)11-15)10-12-3-2-4-14(22)7-12/h2-4,7-9,15H,5-6,10-11H2,1H3/t15-/m1/s1. The minimum atomic E-state index is -3.22. The van der Waals surface area contributed by atoms with Crippen molar-refractivity contribution < 1.29 is 22.3 Å². The van der Waals surface area contributed by atoms with Gasteiger partial charge in [0.1, 0.15) is 5.82 Å². The van der Waals surface area contributed by atoms with Crippen molar-refractivity contribution in [1.82, 2.24) is 4.90 Å². The van der Waals surface area contributed by atoms with Crippen LogP contribution in [0.5, 0.6) is 5.75 Å². The van der Waals surface area contributed by atoms with Crippen molar-refractivity contribution in [2.75, 3.05) is 18.6 Å². The molecule has 0 aromatic heterocycles. The average molecular weight is 446 g/mol. The Morgan fingerprint density at radius 2 is 1.93 bits per heavy atom. The molecular weight excluding hydrogens is 428 g/mol. The molecule has 0 N–H and O–H groups in total. The highest BCUT2D eigenvalue weighted by molar-refractivity contribution is 7.91. The minimum Gasteiger partial charge on any atom is -0.494 e. The number of nitrogens with zero attached hydrogens (tertiary/aromatic N) is 1. The van der Waals surface area contributed by atoms with Gasteiger partial charge in [0.15, 0.2) is 15.6 Å². The highest BCUT2D eigenvalue weighted by Crippen LogP contribution is 2.35. The molecule has 0 aliphatic carbocycles. The molecule has 2 aromatic carbocycles. The van der Waals surface area contributed by atoms with Gasteiger partial charge in [-0.2, -0.15) is 0 Å². The Hall–Kier alpha value is -1.83. The van der Waals surface area contributed by atoms with Crippen LogP contribution in [-0.2, 0) is 16.4 Å². The number of hydrogen-bond acceptors (Lipinski definition) is 4. The predicted molar refractivity (Wildman–Crippen MR) is 106 cm³/mol. The lowest BCUT2D eigenvalue weighted by molar-refractivity contribution is 0.0680. The van der Waals surface area contributed by atoms with Crippen LogP contribution >= 0.6 is 23.2 Å². The maximum Gasteiger partial charge on any atom is 0.254 e. The van der Waals surface area contributed by atoms with E-state index in [0.29, 0.717) is 12.0 Å². The Balaban J connectivity index is 1.97. The third-order valence-electron chi connectivity index (χ3n) is 4.60. The van der Waals surface area contributed by atoms with E-state index in [-0.39, 0.29) is 39.4 Å². The fraction of sp³-hybridized carbons (Fsp3) is 0.316. The molecule has 3 rings (SSSR count). The molecule has 1 atom stereocenters. The molecule has 0 spiro atoms. The van der Waals surface area contributed by atoms with Gasteiger partial charge in [0, 0.05) is 18.2 Å². The topological polar surface area (TPSA) is 63.7 Å². The molecule has 2 aromatic rings. The number of ether oxygens (including phenoxy) is 1. The van der Waals surface area contributed by atoms with E-state index in [0.717, 1.165) is 0 Å². The molecule has 28 heavy (non-hydrogen) atoms. The van der Waals surface area contributed by atoms with Crippen LogP contribution in [0, 0.1) is 5.82 Å². The van der Waals surface area contributed by atoms with E-state index in [4.69, 9.17) is 27.9 Å². The van der Waals surface area contributed by atoms with Gasteiger partial charge >= 0.3 is 0 Å². The number of carbonyl (C=O) groups is 1. The molecule has 0 bridgehead atoms. The lowest BCUT2D eigenvalue weighted by Gasteiger charge is -2.29. The zero-order valence-corrected chi connectivity index (χ0v) is 17.3. The molecule has 0 saturated carbocycles. The average Bonchev–Trinajstić information content (AvgIpc) is 2.98. The summed E-state index contributed by atoms with van der Waals surface area (Å²) in [6.45, 7) is 0.0675. The van der Waals surface area contributed by atoms with Gasteiger partial charge in [0.05, 0.1) is 28.7 Å². The van der Waals surface area contributed by atoms with E-state index in [1.54, 1.807) is 12.1 Å². The molecule has 1 heterocycles. The Labute approximate surface area is 172 Å². The van der Waals surface area contributed by atoms with Crippen molar-refractivity contribution in [3.8, 4) is 5.75 Å². The van der Waals surface area contributed by atoms with Crippen molar-refractivity contribution in [3.05, 3.63) is 63.4 Å². The van der Waals surface area contributed by atoms with Crippen LogP contribution in [0.2, 0.25) is 10.0 Å². The molecular formula is C19H18Cl2FNO4S. The number of hydrogen-bond donors (Lipinski definition) is 0. The van der Waals surface area contributed by atoms with E-state index < -0.39 is 27.6 Å². The molecule has 0 radical (unpaired) electrons. The van der Waals surface area contributed by atoms with Crippen LogP contribution in [0.1, 0.15) is 22.3 Å². The van der Waals surface area contributed by atoms with Crippen molar-refractivity contribution in [1.29, 1.82) is 0 Å². The lowest BCUT2D eigenvalue weighted by Crippen LogP contribution is -2.40. The van der Waals surface area contributed by atoms with Crippen LogP contribution in [0.3, 0.4) is 0 Å². The van der Waals surface area contributed by atoms with E-state index in [9.17, 15) is 17.6 Å². The number of halogens is 3. The summed E-state index contributed by atoms with van der Waals surface area (Å²) in [6.07, 6.45) is 0.320. The second-order valence-corrected chi connectivity index (χ2v) is 9.64. The number of amides is 1. The smallest absolute Gasteiger partial charge is 0.254 e. The summed E-state index contributed by atoms with van der Waals surface area (Å²) in [6, 6.07) is 8.19. The monoisotopic (exact) mass is 445 g/mol. The predicted octanol–water partition coefficient (Wildman–Crippen LogP) is 3.97. The second kappa shape index (κ2) is 8.27. The zero-order valence-electron chi connectivity index (χ0n) is 15.0. The number of benzene rings is 2. The number of carbonyl (C=O) groups excluding carboxylic acids is 1. The van der Waals surface area contributed by atoms with Gasteiger partial charge in [-0.15, -0.1) is 0 Å². The van der Waals surface area contributed by atoms with E-state index >= 15 is 0 Å². The summed E-state index contributed by atoms with van der Waals surface area (Å²) in [4.78, 5) is 14.7. The Morgan fingerprint density at radius 3 is 2.46 bits per heavy atom. The van der Waals surface area contributed by atoms with Gasteiger partial charge in [0.25, 0.3) is 5.91 Å². The summed E-state index contributed by atoms with van der Waals surface area (Å²) in [5.74, 6) is -0.738. The fourth-order valence-electron chi connectivity index (χ4n) is 3.26. The molecule has 0 unspecified atom stereocenters. The quantitative estimate of drug-likeness (QED) is 0.698. The maximum absolute atomic E-state index is 13.6. The highest BCUT2D eigenvalue weighted by Gasteiger charge is 2.35. The first-order valence-corrected chi connectivity index (χ1v) is 11.1. The first-order chi connectivity index (χ1) is 13.2. The molecule has 1 aliphatic rings. The zero-order chi connectivity index (χ0) is 20.5. The number of rotatable bonds is 5. The molecule has 150 valence electrons. The summed E-state index contributed by atoms with van der Waals surface area (Å²) in [7, 11) is -1.81. The van der Waals surface area contributed by atoms with Crippen LogP contribution < -0.4 is 4.74 Å². The maximum atomic E-state index is 13.6. The first-order valence-electron chi connectivity index (χ1n) is 8.49. The molecule has 1 aliphatic heterocycles. The normalized spacial score (nSPS) is 18.1. The molecule has 5 nitrogen and oxygen atoms in total. The van der Waals surface area contributed by atoms with Gasteiger partial charge in [-0.3, -0.25) is 4.79 Å². The van der Waals surface area contributed by atoms with Gasteiger partial charge in [-0.25, -0.2) is 12.8 Å². The molecule has 1 amide bonds. The molecule has 1 saturated heterocycles. The fourth-order valence-corrected chi connectivity index (χ4v) is 5.64. The SMILES string of the molecule is COc1c(Cl)cc(C(=O)N(Cc2cccc(F)c2)[C@@H]2CCS(=O)(=O)C2)cc1Cl. The summed E-state index contributed by atoms with van der Waals surface area (Å²) in [5.41, 5.74) is 0.764. The van der Waals surface area contributed by atoms with Crippen LogP contribution in [0.25, 0.3) is 0 Å². The van der Waals surface area contributed by atoms with Crippen LogP contribution in [0.4, 0.5) is 4.39 Å². The van der Waals surface area contributed by atoms with Crippen molar-refractivity contribution >= 4 is 38.9 Å². The van der Waals surface area contributed by atoms with Gasteiger partial charge < -0.3 is 9.64 Å². The van der Waals surface area contributed by atoms with Crippen molar-refractivity contribution in [2.45, 2.75) is 19.0 Å². The Morgan fingerprint density at radius 1 is 1.25 bits per heavy atom. The van der Waals surface area contributed by atoms with E-state index in [2.05, 4.69) is 0 Å². The largest absolute Gasteiger partial charge is 0.494 e. The lowest BCUT2D eigenvalue weighted by atomic mass is 10.1. The van der Waals surface area contributed by atoms with E-state index in [1.165, 1.54) is 36.3 Å². The van der Waals surface area contributed by atoms with Crippen molar-refractivity contribution in [3.63, 3.8) is 0 Å². The van der Waals surface area contributed by atoms with Gasteiger partial charge in [-0.05, 0) is 36.2 Å². The highest BCUT2D eigenvalue weighted by atomic mass is 35.5. The van der Waals surface area contributed by atoms with Gasteiger partial charge in [-0.1, -0.05) is 35.3 Å². The Kier molecular flexibility index (Phi) is 6.17. The summed E-state index contributed by atoms with van der Waals surface area (Å²) >= 11 is 12.3. The minimum absolute atomic E-state index is 0.00865. The van der Waals surface area contributed by atoms with Gasteiger partial charge in [0.2, 0.25) is 0 Å². The number of methoxy groups -OCH3 is 1.